The van der Waals surface area contributed by atoms with Crippen molar-refractivity contribution in [3.8, 4) is 0 Å². The van der Waals surface area contributed by atoms with Crippen molar-refractivity contribution < 1.29 is 37.1 Å². The highest BCUT2D eigenvalue weighted by Gasteiger charge is 2.48. The zero-order valence-electron chi connectivity index (χ0n) is 34.9. The molecule has 3 N–H and O–H groups in total. The molecular weight excluding hydrogens is 829 g/mol. The number of hydrogen-bond donors (Lipinski definition) is 3. The number of carbonyl (C=O) groups excluding carboxylic acids is 4. The topological polar surface area (TPSA) is 184 Å². The molecule has 1 aliphatic carbocycles. The Bertz CT molecular complexity index is 2810. The molecule has 3 atom stereocenters. The number of benzene rings is 2. The van der Waals surface area contributed by atoms with E-state index in [9.17, 15) is 28.0 Å². The van der Waals surface area contributed by atoms with Crippen molar-refractivity contribution in [3.63, 3.8) is 0 Å². The van der Waals surface area contributed by atoms with E-state index in [1.54, 1.807) is 17.1 Å². The predicted octanol–water partition coefficient (Wildman–Crippen LogP) is 5.11. The molecule has 11 rings (SSSR count). The van der Waals surface area contributed by atoms with Gasteiger partial charge in [0.1, 0.15) is 17.0 Å². The Balaban J connectivity index is 0.654. The summed E-state index contributed by atoms with van der Waals surface area (Å²) in [6.45, 7) is 5.80. The van der Waals surface area contributed by atoms with Gasteiger partial charge in [0.25, 0.3) is 12.3 Å². The minimum absolute atomic E-state index is 0.0168. The number of morpholine rings is 1. The van der Waals surface area contributed by atoms with Gasteiger partial charge in [-0.2, -0.15) is 10.2 Å². The molecule has 4 aliphatic heterocycles. The minimum Gasteiger partial charge on any atom is -0.464 e. The quantitative estimate of drug-likeness (QED) is 0.147. The van der Waals surface area contributed by atoms with E-state index in [4.69, 9.17) is 9.15 Å². The lowest BCUT2D eigenvalue weighted by Gasteiger charge is -2.55. The van der Waals surface area contributed by atoms with E-state index in [1.807, 2.05) is 36.4 Å². The van der Waals surface area contributed by atoms with Crippen LogP contribution in [-0.4, -0.2) is 122 Å². The second kappa shape index (κ2) is 16.4. The van der Waals surface area contributed by atoms with Gasteiger partial charge < -0.3 is 29.6 Å². The number of alkyl halides is 2. The molecule has 17 nitrogen and oxygen atoms in total. The van der Waals surface area contributed by atoms with Gasteiger partial charge in [-0.15, -0.1) is 0 Å². The molecule has 64 heavy (non-hydrogen) atoms. The number of piperazine rings is 1. The van der Waals surface area contributed by atoms with Gasteiger partial charge in [-0.1, -0.05) is 12.1 Å². The number of anilines is 3. The van der Waals surface area contributed by atoms with Crippen molar-refractivity contribution in [3.05, 3.63) is 78.1 Å². The molecular formula is C45H47F2N11O6. The summed E-state index contributed by atoms with van der Waals surface area (Å²) in [4.78, 5) is 62.5. The smallest absolute Gasteiger partial charge is 0.284 e. The van der Waals surface area contributed by atoms with Crippen LogP contribution in [0.4, 0.5) is 26.0 Å². The molecule has 5 aliphatic rings. The summed E-state index contributed by atoms with van der Waals surface area (Å²) >= 11 is 0. The SMILES string of the molecule is O=C1CCC(c2coc3ccc4cc(NC(=O)CN5CCN(CC6CCC(n7cc(NC(=O)c8cnn9ccc(N%10CC%11OCC%11%10)nc89)c(C(F)F)n7)CC6)CC5)ccc4c23)C(=O)N1. The second-order valence-electron chi connectivity index (χ2n) is 17.7. The molecule has 2 aromatic carbocycles. The number of carbonyl (C=O) groups is 4. The van der Waals surface area contributed by atoms with Crippen LogP contribution < -0.4 is 20.9 Å². The highest BCUT2D eigenvalue weighted by Crippen LogP contribution is 2.39. The van der Waals surface area contributed by atoms with Crippen LogP contribution in [0, 0.1) is 5.92 Å². The molecule has 1 saturated carbocycles. The Morgan fingerprint density at radius 3 is 2.55 bits per heavy atom. The number of imide groups is 1. The fourth-order valence-corrected chi connectivity index (χ4v) is 10.2. The van der Waals surface area contributed by atoms with Gasteiger partial charge in [0.15, 0.2) is 11.3 Å². The second-order valence-corrected chi connectivity index (χ2v) is 17.7. The maximum absolute atomic E-state index is 14.3. The van der Waals surface area contributed by atoms with E-state index in [-0.39, 0.29) is 60.1 Å². The average Bonchev–Trinajstić information content (AvgIpc) is 4.03. The maximum atomic E-state index is 14.3. The third-order valence-corrected chi connectivity index (χ3v) is 13.8. The zero-order valence-corrected chi connectivity index (χ0v) is 34.9. The molecule has 3 unspecified atom stereocenters. The summed E-state index contributed by atoms with van der Waals surface area (Å²) in [6, 6.07) is 11.6. The standard InChI is InChI=1S/C45H47F2N11O6/c46-42(47)41-33(50-45(62)31-18-48-57-12-11-37(51-43(31)57)56-21-36-34(56)24-64-36)20-58(53-41)28-5-1-25(2-6-28)19-54-13-15-55(16-14-54)22-39(60)49-27-4-7-29-26(17-27)3-9-35-40(29)32(23-63-35)30-8-10-38(59)52-44(30)61/h3-4,7,9,11-12,17-18,20,23,25,28,30,34,36,42H,1-2,5-6,8,10,13-16,19,21-22,24H2,(H,49,60)(H,50,62)(H,52,59,61). The number of nitrogens with zero attached hydrogens (tertiary/aromatic N) is 8. The fraction of sp³-hybridized carbons (Fsp3) is 0.444. The van der Waals surface area contributed by atoms with Crippen LogP contribution in [-0.2, 0) is 19.1 Å². The number of amides is 4. The fourth-order valence-electron chi connectivity index (χ4n) is 10.2. The Labute approximate surface area is 365 Å². The van der Waals surface area contributed by atoms with Gasteiger partial charge in [0.05, 0.1) is 55.4 Å². The van der Waals surface area contributed by atoms with E-state index in [2.05, 4.69) is 45.8 Å². The van der Waals surface area contributed by atoms with Crippen LogP contribution in [0.3, 0.4) is 0 Å². The Morgan fingerprint density at radius 1 is 0.969 bits per heavy atom. The summed E-state index contributed by atoms with van der Waals surface area (Å²) in [5, 5.41) is 19.3. The molecule has 4 saturated heterocycles. The lowest BCUT2D eigenvalue weighted by molar-refractivity contribution is -0.134. The summed E-state index contributed by atoms with van der Waals surface area (Å²) in [6.07, 6.45) is 7.75. The zero-order chi connectivity index (χ0) is 43.6. The first kappa shape index (κ1) is 40.5. The van der Waals surface area contributed by atoms with Gasteiger partial charge in [0.2, 0.25) is 17.7 Å². The Hall–Kier alpha value is -6.31. The summed E-state index contributed by atoms with van der Waals surface area (Å²) < 4.78 is 43.0. The van der Waals surface area contributed by atoms with Gasteiger partial charge >= 0.3 is 0 Å². The minimum atomic E-state index is -2.87. The monoisotopic (exact) mass is 875 g/mol. The van der Waals surface area contributed by atoms with Crippen molar-refractivity contribution in [2.45, 2.75) is 69.1 Å². The molecule has 8 heterocycles. The predicted molar refractivity (Wildman–Crippen MR) is 230 cm³/mol. The first-order valence-corrected chi connectivity index (χ1v) is 22.0. The third kappa shape index (κ3) is 7.53. The highest BCUT2D eigenvalue weighted by atomic mass is 19.3. The number of furan rings is 1. The van der Waals surface area contributed by atoms with Gasteiger partial charge in [0, 0.05) is 74.7 Å². The largest absolute Gasteiger partial charge is 0.464 e. The number of fused-ring (bicyclic) bond motifs is 5. The van der Waals surface area contributed by atoms with Crippen molar-refractivity contribution >= 4 is 68.2 Å². The summed E-state index contributed by atoms with van der Waals surface area (Å²) in [7, 11) is 0. The maximum Gasteiger partial charge on any atom is 0.284 e. The first-order valence-electron chi connectivity index (χ1n) is 22.0. The van der Waals surface area contributed by atoms with E-state index in [1.165, 1.54) is 16.9 Å². The molecule has 332 valence electrons. The lowest BCUT2D eigenvalue weighted by atomic mass is 9.85. The van der Waals surface area contributed by atoms with Crippen molar-refractivity contribution in [2.75, 3.05) is 68.0 Å². The third-order valence-electron chi connectivity index (χ3n) is 13.8. The van der Waals surface area contributed by atoms with E-state index < -0.39 is 23.9 Å². The number of hydrogen-bond acceptors (Lipinski definition) is 12. The molecule has 5 fully saturated rings. The molecule has 19 heteroatoms. The first-order chi connectivity index (χ1) is 31.1. The number of aromatic nitrogens is 5. The van der Waals surface area contributed by atoms with E-state index in [0.29, 0.717) is 41.7 Å². The van der Waals surface area contributed by atoms with Crippen LogP contribution in [0.5, 0.6) is 0 Å². The Kier molecular flexibility index (Phi) is 10.3. The molecule has 0 radical (unpaired) electrons. The number of rotatable bonds is 11. The molecule has 0 spiro atoms. The van der Waals surface area contributed by atoms with Crippen LogP contribution in [0.1, 0.15) is 78.5 Å². The molecule has 0 bridgehead atoms. The normalized spacial score (nSPS) is 24.2. The molecule has 6 aromatic rings. The Morgan fingerprint density at radius 2 is 1.80 bits per heavy atom. The number of ether oxygens (including phenoxy) is 1. The van der Waals surface area contributed by atoms with Crippen molar-refractivity contribution in [2.24, 2.45) is 5.92 Å². The van der Waals surface area contributed by atoms with Gasteiger partial charge in [-0.25, -0.2) is 18.3 Å². The summed E-state index contributed by atoms with van der Waals surface area (Å²) in [5.74, 6) is -0.551. The van der Waals surface area contributed by atoms with Gasteiger partial charge in [-0.3, -0.25) is 34.1 Å². The average molecular weight is 876 g/mol. The number of piperidine rings is 1. The number of halogens is 2. The van der Waals surface area contributed by atoms with Crippen LogP contribution in [0.15, 0.2) is 65.7 Å². The van der Waals surface area contributed by atoms with Crippen molar-refractivity contribution in [1.82, 2.24) is 39.5 Å². The van der Waals surface area contributed by atoms with Crippen LogP contribution in [0.25, 0.3) is 27.4 Å². The van der Waals surface area contributed by atoms with Crippen molar-refractivity contribution in [1.29, 1.82) is 0 Å². The van der Waals surface area contributed by atoms with E-state index >= 15 is 0 Å². The van der Waals surface area contributed by atoms with E-state index in [0.717, 1.165) is 86.7 Å². The highest BCUT2D eigenvalue weighted by molar-refractivity contribution is 6.12. The van der Waals surface area contributed by atoms with Crippen LogP contribution >= 0.6 is 0 Å². The lowest BCUT2D eigenvalue weighted by Crippen LogP contribution is -2.71. The molecule has 4 aromatic heterocycles. The number of nitrogens with one attached hydrogen (secondary N) is 3. The summed E-state index contributed by atoms with van der Waals surface area (Å²) in [5.41, 5.74) is 2.15. The van der Waals surface area contributed by atoms with Gasteiger partial charge in [-0.05, 0) is 73.1 Å². The van der Waals surface area contributed by atoms with Crippen LogP contribution in [0.2, 0.25) is 0 Å². The molecule has 4 amide bonds.